The van der Waals surface area contributed by atoms with Crippen molar-refractivity contribution < 1.29 is 55.6 Å². The van der Waals surface area contributed by atoms with Crippen molar-refractivity contribution in [1.29, 1.82) is 0 Å². The van der Waals surface area contributed by atoms with Gasteiger partial charge >= 0.3 is 11.9 Å². The molecule has 6 aromatic rings. The Morgan fingerprint density at radius 1 is 0.287 bits per heavy atom. The first kappa shape index (κ1) is 91.7. The van der Waals surface area contributed by atoms with Crippen molar-refractivity contribution in [2.75, 3.05) is 39.6 Å². The van der Waals surface area contributed by atoms with E-state index in [1.807, 2.05) is 36.4 Å². The molecule has 8 rings (SSSR count). The number of halogens is 4. The summed E-state index contributed by atoms with van der Waals surface area (Å²) in [5.74, 6) is 23.6. The standard InChI is InChI=1S/C103H130F4O8/c1-5-9-13-29-37-67-110-96-63-53-82(75-92(96)104)47-45-80-49-57-86(59-51-84-55-65-98(94(106)77-84)112-69-39-31-15-11-7-3)88(73-80)43-35-27-23-19-17-21-25-33-41-71-114-102(108)100-90-61-62-91(79-90)101(100)103(109)115-72-42-34-26-22-18-20-24-28-36-44-89-74-81(46-48-83-54-64-97(93(105)76-83)111-68-38-30-14-10-6-2)50-58-87(89)60-52-85-56-66-99(95(107)78-85)113-70-40-32-16-12-8-4/h49-50,53-58,61-66,73-78,90-91,100-101H,5-44,67-72,79H2,1-4H3/t90?,91?,100-,101-/m1/s1. The lowest BCUT2D eigenvalue weighted by Gasteiger charge is -2.25. The highest BCUT2D eigenvalue weighted by atomic mass is 19.1. The Labute approximate surface area is 688 Å². The van der Waals surface area contributed by atoms with Gasteiger partial charge in [-0.25, -0.2) is 17.6 Å². The predicted molar refractivity (Wildman–Crippen MR) is 460 cm³/mol. The maximum atomic E-state index is 15.2. The van der Waals surface area contributed by atoms with Gasteiger partial charge in [0, 0.05) is 44.5 Å². The monoisotopic (exact) mass is 1570 g/mol. The van der Waals surface area contributed by atoms with E-state index in [9.17, 15) is 9.59 Å². The van der Waals surface area contributed by atoms with Crippen LogP contribution >= 0.6 is 0 Å². The molecular formula is C103H130F4O8. The zero-order chi connectivity index (χ0) is 81.1. The fraction of sp³-hybridized carbons (Fsp3) is 0.534. The van der Waals surface area contributed by atoms with Crippen molar-refractivity contribution >= 4 is 11.9 Å². The highest BCUT2D eigenvalue weighted by molar-refractivity contribution is 5.84. The lowest BCUT2D eigenvalue weighted by molar-refractivity contribution is -0.161. The van der Waals surface area contributed by atoms with Crippen molar-refractivity contribution in [3.8, 4) is 70.4 Å². The Kier molecular flexibility index (Phi) is 43.8. The van der Waals surface area contributed by atoms with Crippen LogP contribution < -0.4 is 18.9 Å². The van der Waals surface area contributed by atoms with Crippen LogP contribution in [-0.4, -0.2) is 51.6 Å². The van der Waals surface area contributed by atoms with Crippen LogP contribution in [0.1, 0.15) is 334 Å². The number of hydrogen-bond acceptors (Lipinski definition) is 8. The third-order valence-corrected chi connectivity index (χ3v) is 22.0. The Morgan fingerprint density at radius 3 is 0.800 bits per heavy atom. The van der Waals surface area contributed by atoms with Crippen LogP contribution in [0.15, 0.2) is 121 Å². The van der Waals surface area contributed by atoms with Crippen LogP contribution in [0.2, 0.25) is 0 Å². The molecule has 0 amide bonds. The van der Waals surface area contributed by atoms with E-state index in [1.165, 1.54) is 75.6 Å². The van der Waals surface area contributed by atoms with Gasteiger partial charge in [0.05, 0.1) is 51.5 Å². The molecule has 0 N–H and O–H groups in total. The number of carbonyl (C=O) groups is 2. The molecule has 1 fully saturated rings. The summed E-state index contributed by atoms with van der Waals surface area (Å²) in [6.45, 7) is 11.4. The third kappa shape index (κ3) is 34.5. The molecule has 618 valence electrons. The first-order chi connectivity index (χ1) is 56.4. The highest BCUT2D eigenvalue weighted by Gasteiger charge is 2.53. The number of rotatable bonds is 54. The molecule has 12 heteroatoms. The normalized spacial score (nSPS) is 14.4. The number of carbonyl (C=O) groups excluding carboxylic acids is 2. The van der Waals surface area contributed by atoms with Crippen LogP contribution in [0.3, 0.4) is 0 Å². The van der Waals surface area contributed by atoms with Crippen molar-refractivity contribution in [2.45, 2.75) is 291 Å². The first-order valence-corrected chi connectivity index (χ1v) is 44.5. The summed E-state index contributed by atoms with van der Waals surface area (Å²) >= 11 is 0. The van der Waals surface area contributed by atoms with Gasteiger partial charge in [-0.3, -0.25) is 9.59 Å². The molecule has 4 atom stereocenters. The number of esters is 2. The quantitative estimate of drug-likeness (QED) is 0.0123. The van der Waals surface area contributed by atoms with Crippen molar-refractivity contribution in [2.24, 2.45) is 23.7 Å². The smallest absolute Gasteiger partial charge is 0.310 e. The summed E-state index contributed by atoms with van der Waals surface area (Å²) in [5, 5.41) is 0. The minimum absolute atomic E-state index is 0.00891. The minimum atomic E-state index is -0.491. The molecule has 2 aliphatic rings. The van der Waals surface area contributed by atoms with E-state index in [0.29, 0.717) is 61.9 Å². The van der Waals surface area contributed by atoms with Gasteiger partial charge in [-0.1, -0.05) is 280 Å². The second kappa shape index (κ2) is 54.9. The number of hydrogen-bond donors (Lipinski definition) is 0. The second-order valence-electron chi connectivity index (χ2n) is 31.6. The van der Waals surface area contributed by atoms with Gasteiger partial charge in [0.15, 0.2) is 46.3 Å². The van der Waals surface area contributed by atoms with Crippen LogP contribution in [-0.2, 0) is 31.9 Å². The van der Waals surface area contributed by atoms with Gasteiger partial charge < -0.3 is 28.4 Å². The minimum Gasteiger partial charge on any atom is -0.491 e. The maximum Gasteiger partial charge on any atom is 0.310 e. The van der Waals surface area contributed by atoms with Gasteiger partial charge in [-0.15, -0.1) is 0 Å². The summed E-state index contributed by atoms with van der Waals surface area (Å²) in [4.78, 5) is 27.2. The van der Waals surface area contributed by atoms with Gasteiger partial charge in [0.2, 0.25) is 0 Å². The largest absolute Gasteiger partial charge is 0.491 e. The number of fused-ring (bicyclic) bond motifs is 2. The molecule has 0 aliphatic heterocycles. The summed E-state index contributed by atoms with van der Waals surface area (Å²) in [7, 11) is 0. The molecular weight excluding hydrogens is 1440 g/mol. The fourth-order valence-electron chi connectivity index (χ4n) is 15.2. The number of ether oxygens (including phenoxy) is 6. The number of aryl methyl sites for hydroxylation is 2. The number of benzene rings is 6. The molecule has 2 bridgehead atoms. The zero-order valence-corrected chi connectivity index (χ0v) is 69.9. The molecule has 2 aliphatic carbocycles. The Balaban J connectivity index is 0.704. The van der Waals surface area contributed by atoms with E-state index in [0.717, 1.165) is 245 Å². The van der Waals surface area contributed by atoms with Gasteiger partial charge in [0.25, 0.3) is 0 Å². The molecule has 8 nitrogen and oxygen atoms in total. The molecule has 0 aromatic heterocycles. The second-order valence-corrected chi connectivity index (χ2v) is 31.6. The van der Waals surface area contributed by atoms with Crippen molar-refractivity contribution in [3.63, 3.8) is 0 Å². The van der Waals surface area contributed by atoms with Gasteiger partial charge in [-0.05, 0) is 203 Å². The molecule has 115 heavy (non-hydrogen) atoms. The fourth-order valence-corrected chi connectivity index (χ4v) is 15.2. The summed E-state index contributed by atoms with van der Waals surface area (Å²) in [6, 6.07) is 31.6. The number of unbranched alkanes of at least 4 members (excludes halogenated alkanes) is 32. The van der Waals surface area contributed by atoms with E-state index in [1.54, 1.807) is 36.4 Å². The lowest BCUT2D eigenvalue weighted by Crippen LogP contribution is -2.35. The van der Waals surface area contributed by atoms with Crippen LogP contribution in [0.5, 0.6) is 23.0 Å². The average Bonchev–Trinajstić information content (AvgIpc) is 1.61. The van der Waals surface area contributed by atoms with Gasteiger partial charge in [-0.2, -0.15) is 0 Å². The van der Waals surface area contributed by atoms with Crippen LogP contribution in [0, 0.1) is 94.3 Å². The van der Waals surface area contributed by atoms with E-state index >= 15 is 17.6 Å². The van der Waals surface area contributed by atoms with Gasteiger partial charge in [0.1, 0.15) is 0 Å². The Hall–Kier alpha value is -8.84. The summed E-state index contributed by atoms with van der Waals surface area (Å²) in [6.07, 6.45) is 47.2. The number of allylic oxidation sites excluding steroid dienone is 2. The van der Waals surface area contributed by atoms with E-state index < -0.39 is 35.1 Å². The van der Waals surface area contributed by atoms with Crippen molar-refractivity contribution in [3.05, 3.63) is 200 Å². The Morgan fingerprint density at radius 2 is 0.522 bits per heavy atom. The molecule has 2 unspecified atom stereocenters. The maximum absolute atomic E-state index is 15.2. The topological polar surface area (TPSA) is 89.5 Å². The zero-order valence-electron chi connectivity index (χ0n) is 69.9. The summed E-state index contributed by atoms with van der Waals surface area (Å²) < 4.78 is 95.2. The first-order valence-electron chi connectivity index (χ1n) is 44.5. The summed E-state index contributed by atoms with van der Waals surface area (Å²) in [5.41, 5.74) is 7.80. The van der Waals surface area contributed by atoms with E-state index in [2.05, 4.69) is 99.3 Å². The SMILES string of the molecule is CCCCCCCOc1ccc(C#Cc2ccc(C#Cc3ccc(OCCCCCCC)c(F)c3)c(CCCCCCCCCCCOC(=O)[C@@H]3C4C=CC(C4)[C@H]3C(=O)OCCCCCCCCCCCc3cc(C#Cc4ccc(OCCCCCCC)c(F)c4)ccc3C#Cc3ccc(OCCCCCCC)c(F)c3)c2)cc1F. The molecule has 0 saturated heterocycles. The molecule has 1 saturated carbocycles. The van der Waals surface area contributed by atoms with E-state index in [-0.39, 0.29) is 46.8 Å². The van der Waals surface area contributed by atoms with Crippen LogP contribution in [0.25, 0.3) is 0 Å². The van der Waals surface area contributed by atoms with Crippen molar-refractivity contribution in [1.82, 2.24) is 0 Å². The molecule has 6 aromatic carbocycles. The lowest BCUT2D eigenvalue weighted by atomic mass is 9.83. The Bertz CT molecular complexity index is 3920. The van der Waals surface area contributed by atoms with Crippen LogP contribution in [0.4, 0.5) is 17.6 Å². The van der Waals surface area contributed by atoms with E-state index in [4.69, 9.17) is 28.4 Å². The average molecular weight is 1570 g/mol. The molecule has 0 radical (unpaired) electrons. The molecule has 0 heterocycles. The molecule has 0 spiro atoms. The third-order valence-electron chi connectivity index (χ3n) is 22.0. The highest BCUT2D eigenvalue weighted by Crippen LogP contribution is 2.49. The predicted octanol–water partition coefficient (Wildman–Crippen LogP) is 26.6.